The zero-order valence-electron chi connectivity index (χ0n) is 18.3. The second-order valence-electron chi connectivity index (χ2n) is 8.84. The molecule has 2 amide bonds. The van der Waals surface area contributed by atoms with Gasteiger partial charge >= 0.3 is 6.03 Å². The van der Waals surface area contributed by atoms with Crippen molar-refractivity contribution in [3.05, 3.63) is 59.9 Å². The van der Waals surface area contributed by atoms with Gasteiger partial charge in [-0.05, 0) is 55.0 Å². The van der Waals surface area contributed by atoms with Crippen LogP contribution in [0.2, 0.25) is 0 Å². The van der Waals surface area contributed by atoms with Crippen LogP contribution < -0.4 is 10.6 Å². The SMILES string of the molecule is CC(C)c1cccc(C(C)C)c1NC(=O)NCC(C)(C)n1ccc2cccnc21. The third kappa shape index (κ3) is 4.44. The van der Waals surface area contributed by atoms with Crippen molar-refractivity contribution < 1.29 is 4.79 Å². The van der Waals surface area contributed by atoms with Crippen molar-refractivity contribution in [1.82, 2.24) is 14.9 Å². The quantitative estimate of drug-likeness (QED) is 0.553. The van der Waals surface area contributed by atoms with Gasteiger partial charge in [0.1, 0.15) is 5.65 Å². The molecule has 2 N–H and O–H groups in total. The Bertz CT molecular complexity index is 975. The molecule has 0 saturated carbocycles. The summed E-state index contributed by atoms with van der Waals surface area (Å²) in [6, 6.07) is 12.1. The molecule has 0 aliphatic rings. The van der Waals surface area contributed by atoms with Gasteiger partial charge in [-0.2, -0.15) is 0 Å². The van der Waals surface area contributed by atoms with Crippen molar-refractivity contribution in [3.8, 4) is 0 Å². The molecule has 0 radical (unpaired) electrons. The van der Waals surface area contributed by atoms with Crippen LogP contribution in [0, 0.1) is 0 Å². The maximum atomic E-state index is 12.8. The van der Waals surface area contributed by atoms with Gasteiger partial charge in [-0.25, -0.2) is 9.78 Å². The molecular weight excluding hydrogens is 360 g/mol. The van der Waals surface area contributed by atoms with Gasteiger partial charge in [0.05, 0.1) is 5.54 Å². The van der Waals surface area contributed by atoms with Crippen LogP contribution in [-0.4, -0.2) is 22.1 Å². The third-order valence-corrected chi connectivity index (χ3v) is 5.39. The molecule has 0 unspecified atom stereocenters. The first-order valence-electron chi connectivity index (χ1n) is 10.3. The van der Waals surface area contributed by atoms with Crippen LogP contribution in [0.4, 0.5) is 10.5 Å². The zero-order chi connectivity index (χ0) is 21.2. The number of nitrogens with one attached hydrogen (secondary N) is 2. The number of rotatable bonds is 6. The van der Waals surface area contributed by atoms with E-state index in [2.05, 4.69) is 86.0 Å². The molecule has 2 heterocycles. The molecule has 154 valence electrons. The van der Waals surface area contributed by atoms with Gasteiger partial charge in [-0.3, -0.25) is 0 Å². The van der Waals surface area contributed by atoms with E-state index in [0.29, 0.717) is 18.4 Å². The minimum absolute atomic E-state index is 0.183. The molecule has 0 bridgehead atoms. The Morgan fingerprint density at radius 1 is 1.03 bits per heavy atom. The minimum Gasteiger partial charge on any atom is -0.336 e. The number of aromatic nitrogens is 2. The lowest BCUT2D eigenvalue weighted by Gasteiger charge is -2.28. The normalized spacial score (nSPS) is 12.0. The number of nitrogens with zero attached hydrogens (tertiary/aromatic N) is 2. The second kappa shape index (κ2) is 8.27. The molecule has 0 spiro atoms. The van der Waals surface area contributed by atoms with Gasteiger partial charge in [0.15, 0.2) is 0 Å². The molecule has 1 aromatic carbocycles. The van der Waals surface area contributed by atoms with Crippen molar-refractivity contribution in [3.63, 3.8) is 0 Å². The predicted molar refractivity (Wildman–Crippen MR) is 121 cm³/mol. The fourth-order valence-corrected chi connectivity index (χ4v) is 3.69. The summed E-state index contributed by atoms with van der Waals surface area (Å²) in [4.78, 5) is 17.3. The molecule has 0 aliphatic carbocycles. The molecule has 3 aromatic rings. The number of carbonyl (C=O) groups is 1. The number of para-hydroxylation sites is 1. The van der Waals surface area contributed by atoms with Crippen LogP contribution in [-0.2, 0) is 5.54 Å². The maximum absolute atomic E-state index is 12.8. The van der Waals surface area contributed by atoms with E-state index in [1.807, 2.05) is 18.3 Å². The highest BCUT2D eigenvalue weighted by molar-refractivity contribution is 5.91. The Morgan fingerprint density at radius 2 is 1.69 bits per heavy atom. The summed E-state index contributed by atoms with van der Waals surface area (Å²) in [5, 5.41) is 7.27. The highest BCUT2D eigenvalue weighted by atomic mass is 16.2. The first-order chi connectivity index (χ1) is 13.7. The van der Waals surface area contributed by atoms with E-state index in [1.165, 1.54) is 0 Å². The number of fused-ring (bicyclic) bond motifs is 1. The minimum atomic E-state index is -0.314. The smallest absolute Gasteiger partial charge is 0.319 e. The van der Waals surface area contributed by atoms with Crippen LogP contribution in [0.15, 0.2) is 48.8 Å². The molecule has 0 saturated heterocycles. The fraction of sp³-hybridized carbons (Fsp3) is 0.417. The molecule has 29 heavy (non-hydrogen) atoms. The predicted octanol–water partition coefficient (Wildman–Crippen LogP) is 5.84. The highest BCUT2D eigenvalue weighted by Crippen LogP contribution is 2.32. The number of anilines is 1. The maximum Gasteiger partial charge on any atom is 0.319 e. The summed E-state index contributed by atoms with van der Waals surface area (Å²) in [7, 11) is 0. The molecule has 5 heteroatoms. The number of carbonyl (C=O) groups excluding carboxylic acids is 1. The molecular formula is C24H32N4O. The standard InChI is InChI=1S/C24H32N4O/c1-16(2)19-10-7-11-20(17(3)4)21(19)27-23(29)26-15-24(5,6)28-14-12-18-9-8-13-25-22(18)28/h7-14,16-17H,15H2,1-6H3,(H2,26,27,29). The van der Waals surface area contributed by atoms with Crippen LogP contribution in [0.1, 0.15) is 64.5 Å². The van der Waals surface area contributed by atoms with Crippen LogP contribution in [0.5, 0.6) is 0 Å². The van der Waals surface area contributed by atoms with E-state index in [0.717, 1.165) is 27.8 Å². The van der Waals surface area contributed by atoms with Crippen molar-refractivity contribution >= 4 is 22.8 Å². The number of benzene rings is 1. The van der Waals surface area contributed by atoms with Gasteiger partial charge in [0.2, 0.25) is 0 Å². The highest BCUT2D eigenvalue weighted by Gasteiger charge is 2.23. The number of urea groups is 1. The molecule has 0 atom stereocenters. The first-order valence-corrected chi connectivity index (χ1v) is 10.3. The molecule has 0 fully saturated rings. The summed E-state index contributed by atoms with van der Waals surface area (Å²) in [6.07, 6.45) is 3.83. The van der Waals surface area contributed by atoms with Crippen molar-refractivity contribution in [2.75, 3.05) is 11.9 Å². The van der Waals surface area contributed by atoms with E-state index in [4.69, 9.17) is 0 Å². The van der Waals surface area contributed by atoms with E-state index in [9.17, 15) is 4.79 Å². The van der Waals surface area contributed by atoms with E-state index >= 15 is 0 Å². The Labute approximate surface area is 173 Å². The first kappa shape index (κ1) is 20.9. The molecule has 2 aromatic heterocycles. The Balaban J connectivity index is 1.76. The van der Waals surface area contributed by atoms with E-state index in [1.54, 1.807) is 6.20 Å². The van der Waals surface area contributed by atoms with Crippen LogP contribution in [0.3, 0.4) is 0 Å². The number of amides is 2. The largest absolute Gasteiger partial charge is 0.336 e. The lowest BCUT2D eigenvalue weighted by molar-refractivity contribution is 0.245. The molecule has 0 aliphatic heterocycles. The lowest BCUT2D eigenvalue weighted by atomic mass is 9.93. The van der Waals surface area contributed by atoms with Gasteiger partial charge in [-0.1, -0.05) is 45.9 Å². The Morgan fingerprint density at radius 3 is 2.31 bits per heavy atom. The second-order valence-corrected chi connectivity index (χ2v) is 8.84. The van der Waals surface area contributed by atoms with Gasteiger partial charge in [0, 0.05) is 30.0 Å². The Kier molecular flexibility index (Phi) is 5.96. The van der Waals surface area contributed by atoms with Crippen molar-refractivity contribution in [2.45, 2.75) is 58.9 Å². The Hall–Kier alpha value is -2.82. The fourth-order valence-electron chi connectivity index (χ4n) is 3.69. The van der Waals surface area contributed by atoms with Gasteiger partial charge in [-0.15, -0.1) is 0 Å². The average Bonchev–Trinajstić information content (AvgIpc) is 3.11. The summed E-state index contributed by atoms with van der Waals surface area (Å²) < 4.78 is 2.12. The van der Waals surface area contributed by atoms with E-state index < -0.39 is 0 Å². The summed E-state index contributed by atoms with van der Waals surface area (Å²) in [5.41, 5.74) is 3.86. The number of hydrogen-bond acceptors (Lipinski definition) is 2. The average molecular weight is 393 g/mol. The third-order valence-electron chi connectivity index (χ3n) is 5.39. The van der Waals surface area contributed by atoms with Crippen molar-refractivity contribution in [1.29, 1.82) is 0 Å². The van der Waals surface area contributed by atoms with Crippen LogP contribution in [0.25, 0.3) is 11.0 Å². The monoisotopic (exact) mass is 392 g/mol. The van der Waals surface area contributed by atoms with Gasteiger partial charge in [0.25, 0.3) is 0 Å². The summed E-state index contributed by atoms with van der Waals surface area (Å²) in [5.74, 6) is 0.663. The van der Waals surface area contributed by atoms with Crippen molar-refractivity contribution in [2.24, 2.45) is 0 Å². The molecule has 3 rings (SSSR count). The molecule has 5 nitrogen and oxygen atoms in total. The van der Waals surface area contributed by atoms with Gasteiger partial charge < -0.3 is 15.2 Å². The lowest BCUT2D eigenvalue weighted by Crippen LogP contribution is -2.42. The number of hydrogen-bond donors (Lipinski definition) is 2. The summed E-state index contributed by atoms with van der Waals surface area (Å²) >= 11 is 0. The van der Waals surface area contributed by atoms with E-state index in [-0.39, 0.29) is 11.6 Å². The number of pyridine rings is 1. The summed E-state index contributed by atoms with van der Waals surface area (Å²) in [6.45, 7) is 13.3. The van der Waals surface area contributed by atoms with Crippen LogP contribution >= 0.6 is 0 Å². The zero-order valence-corrected chi connectivity index (χ0v) is 18.3. The topological polar surface area (TPSA) is 59.0 Å².